The molecule has 1 rings (SSSR count). The molecule has 0 aromatic heterocycles. The van der Waals surface area contributed by atoms with Crippen LogP contribution in [-0.2, 0) is 11.3 Å². The Labute approximate surface area is 108 Å². The van der Waals surface area contributed by atoms with Crippen molar-refractivity contribution in [2.45, 2.75) is 19.4 Å². The van der Waals surface area contributed by atoms with Gasteiger partial charge in [0.1, 0.15) is 5.82 Å². The zero-order valence-corrected chi connectivity index (χ0v) is 11.2. The molecular formula is C12H15BrFNO2. The minimum Gasteiger partial charge on any atom is -0.481 e. The number of carboxylic acids is 1. The van der Waals surface area contributed by atoms with Crippen LogP contribution in [0.4, 0.5) is 4.39 Å². The maximum Gasteiger partial charge on any atom is 0.303 e. The number of halogens is 2. The molecule has 0 aliphatic carbocycles. The predicted molar refractivity (Wildman–Crippen MR) is 67.3 cm³/mol. The van der Waals surface area contributed by atoms with Crippen LogP contribution in [0, 0.1) is 5.82 Å². The summed E-state index contributed by atoms with van der Waals surface area (Å²) in [5.74, 6) is -1.05. The molecule has 0 spiro atoms. The molecule has 0 bridgehead atoms. The number of rotatable bonds is 6. The molecule has 0 saturated heterocycles. The summed E-state index contributed by atoms with van der Waals surface area (Å²) in [5, 5.41) is 8.52. The molecule has 0 fully saturated rings. The second-order valence-electron chi connectivity index (χ2n) is 3.98. The maximum absolute atomic E-state index is 13.0. The van der Waals surface area contributed by atoms with Crippen molar-refractivity contribution in [1.29, 1.82) is 0 Å². The summed E-state index contributed by atoms with van der Waals surface area (Å²) in [6.07, 6.45) is 0.797. The van der Waals surface area contributed by atoms with Crippen molar-refractivity contribution < 1.29 is 14.3 Å². The molecule has 0 amide bonds. The van der Waals surface area contributed by atoms with Crippen molar-refractivity contribution in [1.82, 2.24) is 4.90 Å². The van der Waals surface area contributed by atoms with Crippen LogP contribution in [0.1, 0.15) is 18.4 Å². The Balaban J connectivity index is 2.42. The van der Waals surface area contributed by atoms with E-state index in [1.807, 2.05) is 11.9 Å². The van der Waals surface area contributed by atoms with Crippen LogP contribution in [-0.4, -0.2) is 29.6 Å². The van der Waals surface area contributed by atoms with Crippen molar-refractivity contribution in [2.75, 3.05) is 13.6 Å². The minimum absolute atomic E-state index is 0.178. The molecule has 17 heavy (non-hydrogen) atoms. The Kier molecular flexibility index (Phi) is 5.58. The van der Waals surface area contributed by atoms with Gasteiger partial charge in [-0.25, -0.2) is 4.39 Å². The summed E-state index contributed by atoms with van der Waals surface area (Å²) in [7, 11) is 1.92. The number of nitrogens with zero attached hydrogens (tertiary/aromatic N) is 1. The Morgan fingerprint density at radius 1 is 1.53 bits per heavy atom. The third-order valence-corrected chi connectivity index (χ3v) is 2.97. The predicted octanol–water partition coefficient (Wildman–Crippen LogP) is 2.88. The van der Waals surface area contributed by atoms with Crippen LogP contribution >= 0.6 is 15.9 Å². The van der Waals surface area contributed by atoms with Gasteiger partial charge in [-0.15, -0.1) is 0 Å². The van der Waals surface area contributed by atoms with E-state index in [0.29, 0.717) is 24.0 Å². The van der Waals surface area contributed by atoms with Crippen molar-refractivity contribution in [3.63, 3.8) is 0 Å². The molecular weight excluding hydrogens is 289 g/mol. The molecule has 0 atom stereocenters. The number of aliphatic carboxylic acids is 1. The number of benzene rings is 1. The summed E-state index contributed by atoms with van der Waals surface area (Å²) in [5.41, 5.74) is 0.996. The third kappa shape index (κ3) is 5.28. The molecule has 0 aliphatic heterocycles. The zero-order chi connectivity index (χ0) is 12.8. The summed E-state index contributed by atoms with van der Waals surface area (Å²) in [4.78, 5) is 12.4. The van der Waals surface area contributed by atoms with Gasteiger partial charge in [-0.1, -0.05) is 6.07 Å². The van der Waals surface area contributed by atoms with Crippen LogP contribution in [0.25, 0.3) is 0 Å². The smallest absolute Gasteiger partial charge is 0.303 e. The lowest BCUT2D eigenvalue weighted by atomic mass is 10.2. The number of carboxylic acid groups (broad SMARTS) is 1. The molecule has 0 radical (unpaired) electrons. The topological polar surface area (TPSA) is 40.5 Å². The van der Waals surface area contributed by atoms with Crippen molar-refractivity contribution in [3.8, 4) is 0 Å². The summed E-state index contributed by atoms with van der Waals surface area (Å²) < 4.78 is 13.5. The second kappa shape index (κ2) is 6.71. The van der Waals surface area contributed by atoms with Gasteiger partial charge in [-0.2, -0.15) is 0 Å². The SMILES string of the molecule is CN(CCCC(=O)O)Cc1ccc(F)c(Br)c1. The first-order chi connectivity index (χ1) is 7.99. The quantitative estimate of drug-likeness (QED) is 0.878. The van der Waals surface area contributed by atoms with E-state index in [-0.39, 0.29) is 12.2 Å². The molecule has 5 heteroatoms. The van der Waals surface area contributed by atoms with E-state index < -0.39 is 5.97 Å². The van der Waals surface area contributed by atoms with E-state index in [0.717, 1.165) is 5.56 Å². The van der Waals surface area contributed by atoms with Gasteiger partial charge in [-0.3, -0.25) is 4.79 Å². The van der Waals surface area contributed by atoms with Gasteiger partial charge in [0, 0.05) is 13.0 Å². The molecule has 0 saturated carbocycles. The van der Waals surface area contributed by atoms with Crippen LogP contribution in [0.3, 0.4) is 0 Å². The van der Waals surface area contributed by atoms with Gasteiger partial charge in [0.2, 0.25) is 0 Å². The van der Waals surface area contributed by atoms with Gasteiger partial charge in [0.15, 0.2) is 0 Å². The highest BCUT2D eigenvalue weighted by Gasteiger charge is 2.05. The lowest BCUT2D eigenvalue weighted by Crippen LogP contribution is -2.19. The van der Waals surface area contributed by atoms with Crippen molar-refractivity contribution >= 4 is 21.9 Å². The molecule has 1 N–H and O–H groups in total. The van der Waals surface area contributed by atoms with Gasteiger partial charge in [0.25, 0.3) is 0 Å². The average Bonchev–Trinajstić information content (AvgIpc) is 2.23. The second-order valence-corrected chi connectivity index (χ2v) is 4.84. The Morgan fingerprint density at radius 3 is 2.82 bits per heavy atom. The zero-order valence-electron chi connectivity index (χ0n) is 9.62. The van der Waals surface area contributed by atoms with Gasteiger partial charge < -0.3 is 10.0 Å². The Hall–Kier alpha value is -0.940. The maximum atomic E-state index is 13.0. The first-order valence-corrected chi connectivity index (χ1v) is 6.12. The van der Waals surface area contributed by atoms with Gasteiger partial charge >= 0.3 is 5.97 Å². The third-order valence-electron chi connectivity index (χ3n) is 2.37. The van der Waals surface area contributed by atoms with E-state index in [4.69, 9.17) is 5.11 Å². The van der Waals surface area contributed by atoms with E-state index in [1.54, 1.807) is 12.1 Å². The molecule has 94 valence electrons. The van der Waals surface area contributed by atoms with Crippen LogP contribution in [0.15, 0.2) is 22.7 Å². The first kappa shape index (κ1) is 14.1. The van der Waals surface area contributed by atoms with Crippen molar-refractivity contribution in [3.05, 3.63) is 34.1 Å². The number of hydrogen-bond acceptors (Lipinski definition) is 2. The van der Waals surface area contributed by atoms with E-state index in [9.17, 15) is 9.18 Å². The van der Waals surface area contributed by atoms with Gasteiger partial charge in [-0.05, 0) is 53.6 Å². The van der Waals surface area contributed by atoms with Crippen LogP contribution in [0.2, 0.25) is 0 Å². The molecule has 0 aliphatic rings. The minimum atomic E-state index is -0.775. The van der Waals surface area contributed by atoms with Crippen LogP contribution in [0.5, 0.6) is 0 Å². The highest BCUT2D eigenvalue weighted by atomic mass is 79.9. The highest BCUT2D eigenvalue weighted by Crippen LogP contribution is 2.17. The van der Waals surface area contributed by atoms with Gasteiger partial charge in [0.05, 0.1) is 4.47 Å². The monoisotopic (exact) mass is 303 g/mol. The fourth-order valence-corrected chi connectivity index (χ4v) is 1.96. The molecule has 1 aromatic rings. The Bertz CT molecular complexity index is 398. The largest absolute Gasteiger partial charge is 0.481 e. The fraction of sp³-hybridized carbons (Fsp3) is 0.417. The number of carbonyl (C=O) groups is 1. The molecule has 0 heterocycles. The average molecular weight is 304 g/mol. The van der Waals surface area contributed by atoms with E-state index in [2.05, 4.69) is 15.9 Å². The summed E-state index contributed by atoms with van der Waals surface area (Å²) in [6.45, 7) is 1.39. The van der Waals surface area contributed by atoms with Crippen molar-refractivity contribution in [2.24, 2.45) is 0 Å². The number of hydrogen-bond donors (Lipinski definition) is 1. The lowest BCUT2D eigenvalue weighted by molar-refractivity contribution is -0.137. The summed E-state index contributed by atoms with van der Waals surface area (Å²) >= 11 is 3.14. The molecule has 1 aromatic carbocycles. The van der Waals surface area contributed by atoms with Crippen LogP contribution < -0.4 is 0 Å². The first-order valence-electron chi connectivity index (χ1n) is 5.33. The lowest BCUT2D eigenvalue weighted by Gasteiger charge is -2.16. The highest BCUT2D eigenvalue weighted by molar-refractivity contribution is 9.10. The standard InChI is InChI=1S/C12H15BrFNO2/c1-15(6-2-3-12(16)17)8-9-4-5-11(14)10(13)7-9/h4-5,7H,2-3,6,8H2,1H3,(H,16,17). The summed E-state index contributed by atoms with van der Waals surface area (Å²) in [6, 6.07) is 4.89. The molecule has 3 nitrogen and oxygen atoms in total. The molecule has 0 unspecified atom stereocenters. The fourth-order valence-electron chi connectivity index (χ4n) is 1.53. The Morgan fingerprint density at radius 2 is 2.24 bits per heavy atom. The van der Waals surface area contributed by atoms with E-state index >= 15 is 0 Å². The van der Waals surface area contributed by atoms with E-state index in [1.165, 1.54) is 6.07 Å². The normalized spacial score (nSPS) is 10.8.